The molecule has 0 bridgehead atoms. The van der Waals surface area contributed by atoms with Crippen molar-refractivity contribution in [2.24, 2.45) is 0 Å². The van der Waals surface area contributed by atoms with E-state index in [1.54, 1.807) is 39.7 Å². The first-order valence-electron chi connectivity index (χ1n) is 9.06. The van der Waals surface area contributed by atoms with Crippen LogP contribution in [0.25, 0.3) is 16.6 Å². The molecule has 1 N–H and O–H groups in total. The summed E-state index contributed by atoms with van der Waals surface area (Å²) in [5.41, 5.74) is 1.87. The van der Waals surface area contributed by atoms with E-state index in [1.165, 1.54) is 18.3 Å². The second kappa shape index (κ2) is 6.92. The molecule has 0 unspecified atom stereocenters. The monoisotopic (exact) mass is 378 g/mol. The van der Waals surface area contributed by atoms with Gasteiger partial charge >= 0.3 is 0 Å². The number of benzene rings is 2. The Morgan fingerprint density at radius 2 is 1.93 bits per heavy atom. The molecule has 2 heterocycles. The lowest BCUT2D eigenvalue weighted by molar-refractivity contribution is 0.0704. The molecule has 142 valence electrons. The second-order valence-corrected chi connectivity index (χ2v) is 6.61. The van der Waals surface area contributed by atoms with Gasteiger partial charge in [0.15, 0.2) is 0 Å². The molecule has 1 amide bonds. The van der Waals surface area contributed by atoms with Crippen molar-refractivity contribution in [3.8, 4) is 0 Å². The van der Waals surface area contributed by atoms with Crippen molar-refractivity contribution < 1.29 is 9.18 Å². The molecule has 4 rings (SSSR count). The summed E-state index contributed by atoms with van der Waals surface area (Å²) < 4.78 is 14.8. The third-order valence-corrected chi connectivity index (χ3v) is 5.03. The molecule has 4 aromatic rings. The van der Waals surface area contributed by atoms with Gasteiger partial charge in [-0.3, -0.25) is 9.59 Å². The number of halogens is 1. The third kappa shape index (κ3) is 2.85. The van der Waals surface area contributed by atoms with E-state index in [-0.39, 0.29) is 23.3 Å². The van der Waals surface area contributed by atoms with Crippen LogP contribution in [-0.4, -0.2) is 31.9 Å². The minimum Gasteiger partial charge on any atom is -0.332 e. The van der Waals surface area contributed by atoms with Crippen LogP contribution in [0, 0.1) is 5.82 Å². The quantitative estimate of drug-likeness (QED) is 0.590. The van der Waals surface area contributed by atoms with Crippen LogP contribution in [-0.2, 0) is 0 Å². The SMILES string of the molecule is CCN(C(=O)c1cnn2c1[nH]c(=O)c1ccccc12)[C@@H](C)c1ccc(F)cc1. The maximum Gasteiger partial charge on any atom is 0.259 e. The Kier molecular flexibility index (Phi) is 4.43. The van der Waals surface area contributed by atoms with Crippen LogP contribution < -0.4 is 5.56 Å². The number of carbonyl (C=O) groups is 1. The topological polar surface area (TPSA) is 70.5 Å². The van der Waals surface area contributed by atoms with Crippen molar-refractivity contribution in [2.75, 3.05) is 6.54 Å². The minimum atomic E-state index is -0.322. The molecule has 0 radical (unpaired) electrons. The lowest BCUT2D eigenvalue weighted by Crippen LogP contribution is -2.33. The van der Waals surface area contributed by atoms with Gasteiger partial charge in [0.25, 0.3) is 11.5 Å². The zero-order valence-corrected chi connectivity index (χ0v) is 15.5. The number of H-pyrrole nitrogens is 1. The van der Waals surface area contributed by atoms with Gasteiger partial charge in [0, 0.05) is 6.54 Å². The molecule has 7 heteroatoms. The van der Waals surface area contributed by atoms with Gasteiger partial charge in [-0.05, 0) is 43.7 Å². The highest BCUT2D eigenvalue weighted by Gasteiger charge is 2.25. The molecule has 0 saturated heterocycles. The fourth-order valence-electron chi connectivity index (χ4n) is 3.50. The Morgan fingerprint density at radius 1 is 1.21 bits per heavy atom. The van der Waals surface area contributed by atoms with Crippen LogP contribution in [0.1, 0.15) is 35.8 Å². The predicted octanol–water partition coefficient (Wildman–Crippen LogP) is 3.54. The zero-order valence-electron chi connectivity index (χ0n) is 15.5. The molecule has 28 heavy (non-hydrogen) atoms. The highest BCUT2D eigenvalue weighted by molar-refractivity contribution is 6.00. The minimum absolute atomic E-state index is 0.250. The molecule has 6 nitrogen and oxygen atoms in total. The van der Waals surface area contributed by atoms with Crippen molar-refractivity contribution in [2.45, 2.75) is 19.9 Å². The summed E-state index contributed by atoms with van der Waals surface area (Å²) in [4.78, 5) is 30.1. The molecule has 0 fully saturated rings. The Morgan fingerprint density at radius 3 is 2.64 bits per heavy atom. The molecule has 2 aromatic heterocycles. The van der Waals surface area contributed by atoms with E-state index < -0.39 is 0 Å². The van der Waals surface area contributed by atoms with Gasteiger partial charge in [-0.2, -0.15) is 5.10 Å². The molecule has 0 aliphatic heterocycles. The maximum atomic E-state index is 13.3. The van der Waals surface area contributed by atoms with E-state index >= 15 is 0 Å². The van der Waals surface area contributed by atoms with Gasteiger partial charge in [0.2, 0.25) is 0 Å². The van der Waals surface area contributed by atoms with Gasteiger partial charge < -0.3 is 9.88 Å². The molecule has 2 aromatic carbocycles. The average molecular weight is 378 g/mol. The van der Waals surface area contributed by atoms with E-state index in [9.17, 15) is 14.0 Å². The fourth-order valence-corrected chi connectivity index (χ4v) is 3.50. The number of nitrogens with one attached hydrogen (secondary N) is 1. The van der Waals surface area contributed by atoms with Gasteiger partial charge in [-0.25, -0.2) is 8.91 Å². The maximum absolute atomic E-state index is 13.3. The average Bonchev–Trinajstić information content (AvgIpc) is 3.13. The number of para-hydroxylation sites is 1. The molecule has 0 spiro atoms. The van der Waals surface area contributed by atoms with Crippen LogP contribution in [0.15, 0.2) is 59.5 Å². The van der Waals surface area contributed by atoms with Crippen molar-refractivity contribution in [1.82, 2.24) is 19.5 Å². The van der Waals surface area contributed by atoms with Crippen molar-refractivity contribution in [1.29, 1.82) is 0 Å². The van der Waals surface area contributed by atoms with E-state index in [4.69, 9.17) is 0 Å². The van der Waals surface area contributed by atoms with Crippen LogP contribution in [0.5, 0.6) is 0 Å². The van der Waals surface area contributed by atoms with Crippen molar-refractivity contribution in [3.05, 3.63) is 82.0 Å². The number of hydrogen-bond acceptors (Lipinski definition) is 3. The van der Waals surface area contributed by atoms with Gasteiger partial charge in [-0.15, -0.1) is 0 Å². The normalized spacial score (nSPS) is 12.4. The van der Waals surface area contributed by atoms with Crippen LogP contribution in [0.3, 0.4) is 0 Å². The number of aromatic amines is 1. The zero-order chi connectivity index (χ0) is 19.8. The molecule has 0 saturated carbocycles. The van der Waals surface area contributed by atoms with Crippen molar-refractivity contribution in [3.63, 3.8) is 0 Å². The standard InChI is InChI=1S/C21H19FN4O2/c1-3-25(13(2)14-8-10-15(22)11-9-14)21(28)17-12-23-26-18-7-5-4-6-16(18)20(27)24-19(17)26/h4-13H,3H2,1-2H3,(H,24,27)/t13-/m0/s1. The Bertz CT molecular complexity index is 1230. The lowest BCUT2D eigenvalue weighted by Gasteiger charge is -2.28. The number of fused-ring (bicyclic) bond motifs is 3. The Labute approximate surface area is 160 Å². The Hall–Kier alpha value is -3.48. The summed E-state index contributed by atoms with van der Waals surface area (Å²) in [6, 6.07) is 12.9. The van der Waals surface area contributed by atoms with E-state index in [1.807, 2.05) is 19.9 Å². The van der Waals surface area contributed by atoms with Crippen LogP contribution in [0.2, 0.25) is 0 Å². The summed E-state index contributed by atoms with van der Waals surface area (Å²) in [5, 5.41) is 4.82. The number of nitrogens with zero attached hydrogens (tertiary/aromatic N) is 3. The summed E-state index contributed by atoms with van der Waals surface area (Å²) >= 11 is 0. The number of amides is 1. The number of rotatable bonds is 4. The largest absolute Gasteiger partial charge is 0.332 e. The second-order valence-electron chi connectivity index (χ2n) is 6.61. The number of carbonyl (C=O) groups excluding carboxylic acids is 1. The summed E-state index contributed by atoms with van der Waals surface area (Å²) in [6.07, 6.45) is 1.47. The van der Waals surface area contributed by atoms with Gasteiger partial charge in [-0.1, -0.05) is 24.3 Å². The summed E-state index contributed by atoms with van der Waals surface area (Å²) in [6.45, 7) is 4.22. The molecule has 0 aliphatic carbocycles. The molecule has 1 atom stereocenters. The van der Waals surface area contributed by atoms with Crippen molar-refractivity contribution >= 4 is 22.5 Å². The molecular weight excluding hydrogens is 359 g/mol. The van der Waals surface area contributed by atoms with E-state index in [0.29, 0.717) is 28.7 Å². The first-order valence-corrected chi connectivity index (χ1v) is 9.06. The van der Waals surface area contributed by atoms with Crippen LogP contribution >= 0.6 is 0 Å². The highest BCUT2D eigenvalue weighted by Crippen LogP contribution is 2.24. The number of hydrogen-bond donors (Lipinski definition) is 1. The highest BCUT2D eigenvalue weighted by atomic mass is 19.1. The van der Waals surface area contributed by atoms with Gasteiger partial charge in [0.05, 0.1) is 23.1 Å². The summed E-state index contributed by atoms with van der Waals surface area (Å²) in [5.74, 6) is -0.572. The van der Waals surface area contributed by atoms with Gasteiger partial charge in [0.1, 0.15) is 17.0 Å². The van der Waals surface area contributed by atoms with Crippen LogP contribution in [0.4, 0.5) is 4.39 Å². The smallest absolute Gasteiger partial charge is 0.259 e. The fraction of sp³-hybridized carbons (Fsp3) is 0.190. The first kappa shape index (κ1) is 17.9. The van der Waals surface area contributed by atoms with E-state index in [0.717, 1.165) is 5.56 Å². The summed E-state index contributed by atoms with van der Waals surface area (Å²) in [7, 11) is 0. The third-order valence-electron chi connectivity index (χ3n) is 5.03. The molecule has 0 aliphatic rings. The van der Waals surface area contributed by atoms with E-state index in [2.05, 4.69) is 10.1 Å². The molecular formula is C21H19FN4O2. The first-order chi connectivity index (χ1) is 13.5. The lowest BCUT2D eigenvalue weighted by atomic mass is 10.1. The number of aromatic nitrogens is 3. The predicted molar refractivity (Wildman–Crippen MR) is 105 cm³/mol. The Balaban J connectivity index is 1.79.